The fourth-order valence-corrected chi connectivity index (χ4v) is 0.675. The van der Waals surface area contributed by atoms with E-state index in [0.29, 0.717) is 0 Å². The topological polar surface area (TPSA) is 30.5 Å². The molecule has 0 aliphatic heterocycles. The molecule has 0 saturated heterocycles. The molecule has 0 amide bonds. The normalized spacial score (nSPS) is 7.62. The van der Waals surface area contributed by atoms with Crippen molar-refractivity contribution in [3.63, 3.8) is 0 Å². The zero-order valence-corrected chi connectivity index (χ0v) is 5.57. The van der Waals surface area contributed by atoms with E-state index in [9.17, 15) is 0 Å². The molecule has 0 fully saturated rings. The van der Waals surface area contributed by atoms with Gasteiger partial charge in [0.1, 0.15) is 0 Å². The largest absolute Gasteiger partial charge is 0.106 e. The Hall–Kier alpha value is -0.390. The molecule has 1 aromatic carbocycles. The van der Waals surface area contributed by atoms with Crippen LogP contribution in [-0.2, 0) is 0 Å². The predicted molar refractivity (Wildman–Crippen MR) is 37.9 cm³/mol. The summed E-state index contributed by atoms with van der Waals surface area (Å²) in [6.45, 7) is 0. The van der Waals surface area contributed by atoms with Crippen LogP contribution in [0.2, 0.25) is 0 Å². The van der Waals surface area contributed by atoms with Gasteiger partial charge in [-0.2, -0.15) is 0 Å². The first-order valence-corrected chi connectivity index (χ1v) is 2.78. The molecule has 0 spiro atoms. The highest BCUT2D eigenvalue weighted by molar-refractivity contribution is 7.27. The number of hydrogen-bond acceptors (Lipinski definition) is 0. The second kappa shape index (κ2) is 3.59. The summed E-state index contributed by atoms with van der Waals surface area (Å²) in [7, 11) is 2.63. The van der Waals surface area contributed by atoms with Crippen LogP contribution in [0.5, 0.6) is 0 Å². The standard InChI is InChI=1S/C6H7P.N/c7-6-4-2-1-3-5-6;/h1-5H,7H2;. The predicted octanol–water partition coefficient (Wildman–Crippen LogP) is 0.706. The molecule has 0 aliphatic rings. The highest BCUT2D eigenvalue weighted by atomic mass is 31.0. The molecule has 0 saturated carbocycles. The summed E-state index contributed by atoms with van der Waals surface area (Å²) in [6.07, 6.45) is 0. The minimum absolute atomic E-state index is 0. The van der Waals surface area contributed by atoms with Crippen LogP contribution in [0.15, 0.2) is 30.3 Å². The van der Waals surface area contributed by atoms with Crippen molar-refractivity contribution in [2.45, 2.75) is 0 Å². The Bertz CT molecular complexity index is 138. The smallest absolute Gasteiger partial charge is 0 e. The monoisotopic (exact) mass is 124 g/mol. The number of rotatable bonds is 0. The number of nitrogens with zero attached hydrogens (tertiary/aromatic N) is 1. The van der Waals surface area contributed by atoms with Crippen molar-refractivity contribution in [2.75, 3.05) is 0 Å². The molecule has 0 aromatic heterocycles. The van der Waals surface area contributed by atoms with E-state index >= 15 is 0 Å². The Labute approximate surface area is 51.9 Å². The quantitative estimate of drug-likeness (QED) is 0.456. The molecule has 0 bridgehead atoms. The Morgan fingerprint density at radius 3 is 1.75 bits per heavy atom. The Kier molecular flexibility index (Phi) is 3.42. The number of hydrogen-bond donors (Lipinski definition) is 0. The summed E-state index contributed by atoms with van der Waals surface area (Å²) in [6, 6.07) is 10.1. The van der Waals surface area contributed by atoms with Crippen molar-refractivity contribution in [3.05, 3.63) is 30.3 Å². The van der Waals surface area contributed by atoms with Crippen molar-refractivity contribution >= 4 is 14.5 Å². The molecule has 2 heteroatoms. The summed E-state index contributed by atoms with van der Waals surface area (Å²) in [5, 5.41) is 1.24. The van der Waals surface area contributed by atoms with Gasteiger partial charge in [-0.1, -0.05) is 30.3 Å². The molecule has 0 heterocycles. The van der Waals surface area contributed by atoms with Crippen LogP contribution in [0, 0.1) is 0 Å². The highest BCUT2D eigenvalue weighted by Gasteiger charge is 1.72. The minimum Gasteiger partial charge on any atom is -0.106 e. The van der Waals surface area contributed by atoms with E-state index in [2.05, 4.69) is 9.24 Å². The summed E-state index contributed by atoms with van der Waals surface area (Å²) in [4.78, 5) is 0. The average molecular weight is 124 g/mol. The van der Waals surface area contributed by atoms with Crippen molar-refractivity contribution < 1.29 is 0 Å². The highest BCUT2D eigenvalue weighted by Crippen LogP contribution is 1.86. The first-order chi connectivity index (χ1) is 3.39. The molecular weight excluding hydrogens is 117 g/mol. The molecular formula is C6H7NP. The van der Waals surface area contributed by atoms with Crippen molar-refractivity contribution in [1.82, 2.24) is 6.15 Å². The van der Waals surface area contributed by atoms with Gasteiger partial charge in [0.15, 0.2) is 0 Å². The number of benzene rings is 1. The maximum absolute atomic E-state index is 2.63. The SMILES string of the molecule is Pc1ccccc1.[N]. The van der Waals surface area contributed by atoms with Gasteiger partial charge in [-0.15, -0.1) is 9.24 Å². The molecule has 1 nitrogen and oxygen atoms in total. The van der Waals surface area contributed by atoms with E-state index in [4.69, 9.17) is 0 Å². The van der Waals surface area contributed by atoms with Gasteiger partial charge in [0.05, 0.1) is 0 Å². The first-order valence-electron chi connectivity index (χ1n) is 2.20. The second-order valence-corrected chi connectivity index (χ2v) is 2.08. The Morgan fingerprint density at radius 2 is 1.50 bits per heavy atom. The van der Waals surface area contributed by atoms with Gasteiger partial charge in [0.25, 0.3) is 0 Å². The van der Waals surface area contributed by atoms with Gasteiger partial charge in [-0.25, -0.2) is 0 Å². The molecule has 1 unspecified atom stereocenters. The van der Waals surface area contributed by atoms with E-state index in [1.165, 1.54) is 5.30 Å². The average Bonchev–Trinajstić information content (AvgIpc) is 1.69. The van der Waals surface area contributed by atoms with Crippen LogP contribution >= 0.6 is 9.24 Å². The lowest BCUT2D eigenvalue weighted by atomic mass is 10.4. The molecule has 1 aromatic rings. The molecule has 8 heavy (non-hydrogen) atoms. The lowest BCUT2D eigenvalue weighted by molar-refractivity contribution is 1.78. The molecule has 1 atom stereocenters. The van der Waals surface area contributed by atoms with Gasteiger partial charge in [-0.3, -0.25) is 0 Å². The zero-order chi connectivity index (χ0) is 5.11. The second-order valence-electron chi connectivity index (χ2n) is 1.41. The molecule has 0 N–H and O–H groups in total. The van der Waals surface area contributed by atoms with Crippen molar-refractivity contribution in [2.24, 2.45) is 0 Å². The van der Waals surface area contributed by atoms with E-state index in [-0.39, 0.29) is 6.15 Å². The maximum atomic E-state index is 2.63. The first kappa shape index (κ1) is 7.61. The van der Waals surface area contributed by atoms with Gasteiger partial charge in [0, 0.05) is 6.15 Å². The Morgan fingerprint density at radius 1 is 1.00 bits per heavy atom. The fourth-order valence-electron chi connectivity index (χ4n) is 0.453. The van der Waals surface area contributed by atoms with Crippen LogP contribution in [0.4, 0.5) is 0 Å². The van der Waals surface area contributed by atoms with Gasteiger partial charge in [0.2, 0.25) is 0 Å². The lowest BCUT2D eigenvalue weighted by Gasteiger charge is -1.82. The minimum atomic E-state index is 0. The van der Waals surface area contributed by atoms with E-state index < -0.39 is 0 Å². The van der Waals surface area contributed by atoms with Crippen molar-refractivity contribution in [3.8, 4) is 0 Å². The molecule has 3 radical (unpaired) electrons. The van der Waals surface area contributed by atoms with Crippen LogP contribution in [-0.4, -0.2) is 0 Å². The van der Waals surface area contributed by atoms with E-state index in [1.54, 1.807) is 0 Å². The van der Waals surface area contributed by atoms with E-state index in [0.717, 1.165) is 0 Å². The van der Waals surface area contributed by atoms with Crippen LogP contribution in [0.3, 0.4) is 0 Å². The van der Waals surface area contributed by atoms with Crippen LogP contribution in [0.1, 0.15) is 0 Å². The third-order valence-electron chi connectivity index (χ3n) is 0.800. The van der Waals surface area contributed by atoms with Gasteiger partial charge < -0.3 is 0 Å². The third kappa shape index (κ3) is 2.06. The molecule has 0 aliphatic carbocycles. The maximum Gasteiger partial charge on any atom is 0 e. The summed E-state index contributed by atoms with van der Waals surface area (Å²) < 4.78 is 0. The summed E-state index contributed by atoms with van der Waals surface area (Å²) >= 11 is 0. The zero-order valence-electron chi connectivity index (χ0n) is 4.41. The Balaban J connectivity index is 0.000000490. The van der Waals surface area contributed by atoms with Crippen molar-refractivity contribution in [1.29, 1.82) is 0 Å². The van der Waals surface area contributed by atoms with Crippen LogP contribution in [0.25, 0.3) is 0 Å². The lowest BCUT2D eigenvalue weighted by Crippen LogP contribution is -1.82. The van der Waals surface area contributed by atoms with Gasteiger partial charge in [-0.05, 0) is 5.30 Å². The summed E-state index contributed by atoms with van der Waals surface area (Å²) in [5.74, 6) is 0. The third-order valence-corrected chi connectivity index (χ3v) is 1.18. The summed E-state index contributed by atoms with van der Waals surface area (Å²) in [5.41, 5.74) is 0. The van der Waals surface area contributed by atoms with E-state index in [1.807, 2.05) is 30.3 Å². The fraction of sp³-hybridized carbons (Fsp3) is 0. The van der Waals surface area contributed by atoms with Gasteiger partial charge >= 0.3 is 0 Å². The molecule has 1 rings (SSSR count). The van der Waals surface area contributed by atoms with Crippen LogP contribution < -0.4 is 11.5 Å². The molecule has 41 valence electrons.